The Bertz CT molecular complexity index is 325. The zero-order chi connectivity index (χ0) is 9.84. The van der Waals surface area contributed by atoms with Gasteiger partial charge in [0.25, 0.3) is 5.91 Å². The zero-order valence-electron chi connectivity index (χ0n) is 7.89. The standard InChI is InChI=1S/C10H13NO2/c1-7(2)6-11-10(12)9-8(3)4-5-13-9/h4-5H,1,6H2,2-3H3,(H,11,12). The van der Waals surface area contributed by atoms with E-state index in [0.717, 1.165) is 11.1 Å². The highest BCUT2D eigenvalue weighted by Crippen LogP contribution is 2.07. The van der Waals surface area contributed by atoms with E-state index in [1.54, 1.807) is 6.07 Å². The molecular formula is C10H13NO2. The number of hydrogen-bond acceptors (Lipinski definition) is 2. The minimum absolute atomic E-state index is 0.189. The lowest BCUT2D eigenvalue weighted by Gasteiger charge is -2.02. The molecule has 1 aromatic rings. The number of rotatable bonds is 3. The van der Waals surface area contributed by atoms with Crippen LogP contribution in [0, 0.1) is 6.92 Å². The van der Waals surface area contributed by atoms with Crippen LogP contribution >= 0.6 is 0 Å². The summed E-state index contributed by atoms with van der Waals surface area (Å²) in [7, 11) is 0. The van der Waals surface area contributed by atoms with Gasteiger partial charge in [0.2, 0.25) is 0 Å². The Balaban J connectivity index is 2.59. The molecule has 1 rings (SSSR count). The molecule has 0 saturated carbocycles. The molecule has 0 aromatic carbocycles. The fourth-order valence-corrected chi connectivity index (χ4v) is 0.917. The van der Waals surface area contributed by atoms with Crippen LogP contribution in [0.4, 0.5) is 0 Å². The first-order chi connectivity index (χ1) is 6.11. The van der Waals surface area contributed by atoms with E-state index < -0.39 is 0 Å². The molecule has 3 nitrogen and oxygen atoms in total. The summed E-state index contributed by atoms with van der Waals surface area (Å²) in [5, 5.41) is 2.69. The van der Waals surface area contributed by atoms with E-state index in [1.807, 2.05) is 13.8 Å². The van der Waals surface area contributed by atoms with Crippen molar-refractivity contribution in [3.05, 3.63) is 35.8 Å². The normalized spacial score (nSPS) is 9.69. The lowest BCUT2D eigenvalue weighted by atomic mass is 10.2. The van der Waals surface area contributed by atoms with Gasteiger partial charge >= 0.3 is 0 Å². The third-order valence-electron chi connectivity index (χ3n) is 1.62. The van der Waals surface area contributed by atoms with Gasteiger partial charge in [0, 0.05) is 12.1 Å². The van der Waals surface area contributed by atoms with E-state index in [-0.39, 0.29) is 5.91 Å². The van der Waals surface area contributed by atoms with Crippen molar-refractivity contribution in [3.63, 3.8) is 0 Å². The average molecular weight is 179 g/mol. The largest absolute Gasteiger partial charge is 0.459 e. The van der Waals surface area contributed by atoms with E-state index in [0.29, 0.717) is 12.3 Å². The van der Waals surface area contributed by atoms with Gasteiger partial charge in [-0.05, 0) is 19.9 Å². The Hall–Kier alpha value is -1.51. The van der Waals surface area contributed by atoms with Crippen LogP contribution < -0.4 is 5.32 Å². The number of carbonyl (C=O) groups excluding carboxylic acids is 1. The van der Waals surface area contributed by atoms with Gasteiger partial charge in [-0.1, -0.05) is 12.2 Å². The van der Waals surface area contributed by atoms with Crippen LogP contribution in [0.15, 0.2) is 28.9 Å². The Kier molecular flexibility index (Phi) is 2.90. The summed E-state index contributed by atoms with van der Waals surface area (Å²) >= 11 is 0. The topological polar surface area (TPSA) is 42.2 Å². The smallest absolute Gasteiger partial charge is 0.287 e. The molecule has 0 spiro atoms. The molecular weight excluding hydrogens is 166 g/mol. The zero-order valence-corrected chi connectivity index (χ0v) is 7.89. The summed E-state index contributed by atoms with van der Waals surface area (Å²) < 4.78 is 5.02. The summed E-state index contributed by atoms with van der Waals surface area (Å²) in [6, 6.07) is 1.76. The number of aryl methyl sites for hydroxylation is 1. The summed E-state index contributed by atoms with van der Waals surface area (Å²) in [5.41, 5.74) is 1.76. The van der Waals surface area contributed by atoms with Crippen molar-refractivity contribution in [3.8, 4) is 0 Å². The highest BCUT2D eigenvalue weighted by atomic mass is 16.3. The second kappa shape index (κ2) is 3.94. The summed E-state index contributed by atoms with van der Waals surface area (Å²) in [6.45, 7) is 7.86. The number of amides is 1. The molecule has 1 aromatic heterocycles. The van der Waals surface area contributed by atoms with Gasteiger partial charge in [-0.15, -0.1) is 0 Å². The fourth-order valence-electron chi connectivity index (χ4n) is 0.917. The van der Waals surface area contributed by atoms with Crippen LogP contribution in [0.1, 0.15) is 23.0 Å². The molecule has 0 atom stereocenters. The highest BCUT2D eigenvalue weighted by Gasteiger charge is 2.10. The number of nitrogens with one attached hydrogen (secondary N) is 1. The quantitative estimate of drug-likeness (QED) is 0.720. The van der Waals surface area contributed by atoms with Crippen LogP contribution in [0.5, 0.6) is 0 Å². The maximum absolute atomic E-state index is 11.4. The first kappa shape index (κ1) is 9.58. The molecule has 0 bridgehead atoms. The molecule has 3 heteroatoms. The molecule has 0 unspecified atom stereocenters. The third-order valence-corrected chi connectivity index (χ3v) is 1.62. The summed E-state index contributed by atoms with van der Waals surface area (Å²) in [4.78, 5) is 11.4. The van der Waals surface area contributed by atoms with Gasteiger partial charge < -0.3 is 9.73 Å². The summed E-state index contributed by atoms with van der Waals surface area (Å²) in [6.07, 6.45) is 1.50. The third kappa shape index (κ3) is 2.47. The molecule has 0 saturated heterocycles. The van der Waals surface area contributed by atoms with Gasteiger partial charge in [0.05, 0.1) is 6.26 Å². The molecule has 0 aliphatic carbocycles. The Morgan fingerprint density at radius 3 is 2.85 bits per heavy atom. The maximum atomic E-state index is 11.4. The molecule has 0 aliphatic heterocycles. The lowest BCUT2D eigenvalue weighted by Crippen LogP contribution is -2.24. The molecule has 0 aliphatic rings. The van der Waals surface area contributed by atoms with Gasteiger partial charge in [-0.25, -0.2) is 0 Å². The fraction of sp³-hybridized carbons (Fsp3) is 0.300. The highest BCUT2D eigenvalue weighted by molar-refractivity contribution is 5.92. The van der Waals surface area contributed by atoms with E-state index in [4.69, 9.17) is 4.42 Å². The number of carbonyl (C=O) groups is 1. The van der Waals surface area contributed by atoms with Crippen molar-refractivity contribution < 1.29 is 9.21 Å². The SMILES string of the molecule is C=C(C)CNC(=O)c1occc1C. The minimum atomic E-state index is -0.189. The second-order valence-electron chi connectivity index (χ2n) is 3.07. The molecule has 1 N–H and O–H groups in total. The molecule has 70 valence electrons. The van der Waals surface area contributed by atoms with Crippen LogP contribution in [0.3, 0.4) is 0 Å². The van der Waals surface area contributed by atoms with Crippen LogP contribution in [0.25, 0.3) is 0 Å². The van der Waals surface area contributed by atoms with Crippen molar-refractivity contribution in [2.24, 2.45) is 0 Å². The number of hydrogen-bond donors (Lipinski definition) is 1. The van der Waals surface area contributed by atoms with E-state index in [1.165, 1.54) is 6.26 Å². The van der Waals surface area contributed by atoms with Crippen LogP contribution in [-0.4, -0.2) is 12.5 Å². The van der Waals surface area contributed by atoms with E-state index in [9.17, 15) is 4.79 Å². The predicted molar refractivity (Wildman–Crippen MR) is 50.6 cm³/mol. The Labute approximate surface area is 77.4 Å². The maximum Gasteiger partial charge on any atom is 0.287 e. The van der Waals surface area contributed by atoms with Crippen molar-refractivity contribution in [1.29, 1.82) is 0 Å². The summed E-state index contributed by atoms with van der Waals surface area (Å²) in [5.74, 6) is 0.187. The predicted octanol–water partition coefficient (Wildman–Crippen LogP) is 1.89. The monoisotopic (exact) mass is 179 g/mol. The second-order valence-corrected chi connectivity index (χ2v) is 3.07. The van der Waals surface area contributed by atoms with Crippen LogP contribution in [-0.2, 0) is 0 Å². The first-order valence-corrected chi connectivity index (χ1v) is 4.08. The van der Waals surface area contributed by atoms with Gasteiger partial charge in [0.1, 0.15) is 0 Å². The molecule has 1 heterocycles. The number of furan rings is 1. The Morgan fingerprint density at radius 1 is 1.69 bits per heavy atom. The van der Waals surface area contributed by atoms with E-state index in [2.05, 4.69) is 11.9 Å². The van der Waals surface area contributed by atoms with Crippen LogP contribution in [0.2, 0.25) is 0 Å². The van der Waals surface area contributed by atoms with Crippen molar-refractivity contribution >= 4 is 5.91 Å². The van der Waals surface area contributed by atoms with Crippen molar-refractivity contribution in [2.75, 3.05) is 6.54 Å². The molecule has 13 heavy (non-hydrogen) atoms. The van der Waals surface area contributed by atoms with Crippen molar-refractivity contribution in [2.45, 2.75) is 13.8 Å². The molecule has 0 radical (unpaired) electrons. The van der Waals surface area contributed by atoms with Gasteiger partial charge in [-0.3, -0.25) is 4.79 Å². The first-order valence-electron chi connectivity index (χ1n) is 4.08. The lowest BCUT2D eigenvalue weighted by molar-refractivity contribution is 0.0928. The van der Waals surface area contributed by atoms with Gasteiger partial charge in [0.15, 0.2) is 5.76 Å². The van der Waals surface area contributed by atoms with E-state index >= 15 is 0 Å². The molecule has 1 amide bonds. The van der Waals surface area contributed by atoms with Gasteiger partial charge in [-0.2, -0.15) is 0 Å². The van der Waals surface area contributed by atoms with Crippen molar-refractivity contribution in [1.82, 2.24) is 5.32 Å². The average Bonchev–Trinajstić information content (AvgIpc) is 2.47. The minimum Gasteiger partial charge on any atom is -0.459 e. The molecule has 0 fully saturated rings. The Morgan fingerprint density at radius 2 is 2.38 bits per heavy atom.